The first kappa shape index (κ1) is 13.8. The number of carbonyl (C=O) groups is 1. The molecule has 0 saturated carbocycles. The second kappa shape index (κ2) is 5.17. The molecule has 1 fully saturated rings. The predicted molar refractivity (Wildman–Crippen MR) is 67.0 cm³/mol. The minimum absolute atomic E-state index is 0.0256. The highest BCUT2D eigenvalue weighted by atomic mass is 32.2. The van der Waals surface area contributed by atoms with Gasteiger partial charge in [0.25, 0.3) is 15.9 Å². The molecule has 0 unspecified atom stereocenters. The van der Waals surface area contributed by atoms with E-state index in [1.54, 1.807) is 0 Å². The van der Waals surface area contributed by atoms with E-state index >= 15 is 0 Å². The molecule has 2 rings (SSSR count). The molecule has 1 saturated heterocycles. The lowest BCUT2D eigenvalue weighted by atomic mass is 10.4. The average molecular weight is 304 g/mol. The Kier molecular flexibility index (Phi) is 3.76. The summed E-state index contributed by atoms with van der Waals surface area (Å²) in [5.41, 5.74) is 0. The van der Waals surface area contributed by atoms with Crippen LogP contribution in [0.5, 0.6) is 0 Å². The Balaban J connectivity index is 2.39. The van der Waals surface area contributed by atoms with Gasteiger partial charge in [-0.15, -0.1) is 0 Å². The van der Waals surface area contributed by atoms with E-state index in [9.17, 15) is 17.6 Å². The van der Waals surface area contributed by atoms with Crippen LogP contribution in [0.2, 0.25) is 0 Å². The molecule has 1 N–H and O–H groups in total. The molecule has 0 spiro atoms. The van der Waals surface area contributed by atoms with Crippen molar-refractivity contribution in [3.63, 3.8) is 0 Å². The topological polar surface area (TPSA) is 87.0 Å². The van der Waals surface area contributed by atoms with Gasteiger partial charge in [-0.2, -0.15) is 0 Å². The summed E-state index contributed by atoms with van der Waals surface area (Å²) in [6.45, 7) is -0.0256. The third-order valence-corrected chi connectivity index (χ3v) is 5.15. The van der Waals surface area contributed by atoms with Crippen molar-refractivity contribution in [2.75, 3.05) is 12.3 Å². The summed E-state index contributed by atoms with van der Waals surface area (Å²) >= 11 is 0.973. The summed E-state index contributed by atoms with van der Waals surface area (Å²) in [6.07, 6.45) is 0. The van der Waals surface area contributed by atoms with Gasteiger partial charge in [-0.3, -0.25) is 4.79 Å². The first-order chi connectivity index (χ1) is 8.96. The molecule has 102 valence electrons. The summed E-state index contributed by atoms with van der Waals surface area (Å²) in [5, 5.41) is 11.1. The van der Waals surface area contributed by atoms with E-state index in [0.29, 0.717) is 10.1 Å². The van der Waals surface area contributed by atoms with Crippen LogP contribution >= 0.6 is 11.8 Å². The van der Waals surface area contributed by atoms with Crippen molar-refractivity contribution in [1.82, 2.24) is 4.31 Å². The Bertz CT molecular complexity index is 627. The number of oxime groups is 1. The lowest BCUT2D eigenvalue weighted by molar-refractivity contribution is -0.119. The summed E-state index contributed by atoms with van der Waals surface area (Å²) in [5.74, 6) is -1.16. The van der Waals surface area contributed by atoms with Gasteiger partial charge in [0.1, 0.15) is 5.82 Å². The van der Waals surface area contributed by atoms with Gasteiger partial charge in [0, 0.05) is 12.3 Å². The number of nitrogens with zero attached hydrogens (tertiary/aromatic N) is 2. The number of sulfonamides is 1. The van der Waals surface area contributed by atoms with Gasteiger partial charge < -0.3 is 5.21 Å². The molecule has 0 aliphatic carbocycles. The molecule has 1 aliphatic rings. The fourth-order valence-electron chi connectivity index (χ4n) is 1.53. The molecule has 1 aromatic rings. The maximum atomic E-state index is 12.8. The van der Waals surface area contributed by atoms with Gasteiger partial charge in [0.15, 0.2) is 0 Å². The summed E-state index contributed by atoms with van der Waals surface area (Å²) in [6, 6.07) is 4.15. The zero-order chi connectivity index (χ0) is 14.0. The minimum Gasteiger partial charge on any atom is -0.410 e. The van der Waals surface area contributed by atoms with Crippen LogP contribution in [0.25, 0.3) is 0 Å². The van der Waals surface area contributed by atoms with E-state index in [2.05, 4.69) is 5.16 Å². The second-order valence-corrected chi connectivity index (χ2v) is 6.54. The van der Waals surface area contributed by atoms with E-state index in [0.717, 1.165) is 36.0 Å². The number of halogens is 1. The van der Waals surface area contributed by atoms with E-state index in [4.69, 9.17) is 5.21 Å². The van der Waals surface area contributed by atoms with Gasteiger partial charge in [0.2, 0.25) is 5.04 Å². The van der Waals surface area contributed by atoms with E-state index in [1.807, 2.05) is 0 Å². The van der Waals surface area contributed by atoms with Crippen molar-refractivity contribution in [3.05, 3.63) is 30.1 Å². The van der Waals surface area contributed by atoms with E-state index in [-0.39, 0.29) is 16.5 Å². The third-order valence-electron chi connectivity index (χ3n) is 2.44. The highest BCUT2D eigenvalue weighted by Crippen LogP contribution is 2.22. The van der Waals surface area contributed by atoms with Gasteiger partial charge in [-0.05, 0) is 24.3 Å². The molecular formula is C10H9FN2O4S2. The molecule has 1 aliphatic heterocycles. The normalized spacial score (nSPS) is 18.9. The number of rotatable bonds is 2. The molecular weight excluding hydrogens is 295 g/mol. The SMILES string of the molecule is O=C1C(=NO)SCCN1S(=O)(=O)c1ccc(F)cc1. The Hall–Kier alpha value is -1.61. The maximum Gasteiger partial charge on any atom is 0.296 e. The van der Waals surface area contributed by atoms with E-state index < -0.39 is 21.7 Å². The van der Waals surface area contributed by atoms with Gasteiger partial charge in [-0.1, -0.05) is 16.9 Å². The highest BCUT2D eigenvalue weighted by molar-refractivity contribution is 8.16. The smallest absolute Gasteiger partial charge is 0.296 e. The van der Waals surface area contributed by atoms with Gasteiger partial charge in [-0.25, -0.2) is 17.1 Å². The van der Waals surface area contributed by atoms with Crippen LogP contribution in [0.1, 0.15) is 0 Å². The fourth-order valence-corrected chi connectivity index (χ4v) is 3.83. The van der Waals surface area contributed by atoms with Gasteiger partial charge >= 0.3 is 0 Å². The van der Waals surface area contributed by atoms with E-state index in [1.165, 1.54) is 0 Å². The van der Waals surface area contributed by atoms with Crippen molar-refractivity contribution in [2.24, 2.45) is 5.16 Å². The molecule has 0 bridgehead atoms. The Morgan fingerprint density at radius 3 is 2.53 bits per heavy atom. The summed E-state index contributed by atoms with van der Waals surface area (Å²) < 4.78 is 37.8. The standard InChI is InChI=1S/C10H9FN2O4S2/c11-7-1-3-8(4-2-7)19(16,17)13-5-6-18-9(12-15)10(13)14/h1-4,15H,5-6H2. The summed E-state index contributed by atoms with van der Waals surface area (Å²) in [7, 11) is -4.06. The number of carbonyl (C=O) groups excluding carboxylic acids is 1. The fraction of sp³-hybridized carbons (Fsp3) is 0.200. The molecule has 0 radical (unpaired) electrons. The number of hydrogen-bond acceptors (Lipinski definition) is 6. The Morgan fingerprint density at radius 1 is 1.32 bits per heavy atom. The number of thioether (sulfide) groups is 1. The van der Waals surface area contributed by atoms with Crippen LogP contribution in [-0.2, 0) is 14.8 Å². The average Bonchev–Trinajstić information content (AvgIpc) is 2.39. The van der Waals surface area contributed by atoms with Crippen LogP contribution in [-0.4, -0.2) is 41.2 Å². The Labute approximate surface area is 112 Å². The lowest BCUT2D eigenvalue weighted by Crippen LogP contribution is -2.45. The number of amides is 1. The second-order valence-electron chi connectivity index (χ2n) is 3.59. The van der Waals surface area contributed by atoms with Crippen molar-refractivity contribution >= 4 is 32.7 Å². The van der Waals surface area contributed by atoms with Crippen LogP contribution in [0, 0.1) is 5.82 Å². The largest absolute Gasteiger partial charge is 0.410 e. The first-order valence-corrected chi connectivity index (χ1v) is 7.57. The Morgan fingerprint density at radius 2 is 1.95 bits per heavy atom. The number of hydrogen-bond donors (Lipinski definition) is 1. The minimum atomic E-state index is -4.06. The van der Waals surface area contributed by atoms with Crippen molar-refractivity contribution in [3.8, 4) is 0 Å². The van der Waals surface area contributed by atoms with Gasteiger partial charge in [0.05, 0.1) is 4.90 Å². The zero-order valence-electron chi connectivity index (χ0n) is 9.48. The molecule has 1 heterocycles. The third kappa shape index (κ3) is 2.56. The lowest BCUT2D eigenvalue weighted by Gasteiger charge is -2.25. The quantitative estimate of drug-likeness (QED) is 0.647. The van der Waals surface area contributed by atoms with Crippen LogP contribution in [0.4, 0.5) is 4.39 Å². The first-order valence-electron chi connectivity index (χ1n) is 5.14. The molecule has 1 amide bonds. The molecule has 19 heavy (non-hydrogen) atoms. The van der Waals surface area contributed by atoms with Crippen LogP contribution in [0.3, 0.4) is 0 Å². The molecule has 9 heteroatoms. The monoisotopic (exact) mass is 304 g/mol. The zero-order valence-corrected chi connectivity index (χ0v) is 11.1. The molecule has 6 nitrogen and oxygen atoms in total. The van der Waals surface area contributed by atoms with Crippen molar-refractivity contribution in [2.45, 2.75) is 4.90 Å². The number of benzene rings is 1. The molecule has 0 aromatic heterocycles. The summed E-state index contributed by atoms with van der Waals surface area (Å²) in [4.78, 5) is 11.6. The highest BCUT2D eigenvalue weighted by Gasteiger charge is 2.35. The van der Waals surface area contributed by atoms with Crippen molar-refractivity contribution in [1.29, 1.82) is 0 Å². The predicted octanol–water partition coefficient (Wildman–Crippen LogP) is 0.878. The van der Waals surface area contributed by atoms with Crippen LogP contribution in [0.15, 0.2) is 34.3 Å². The van der Waals surface area contributed by atoms with Crippen molar-refractivity contribution < 1.29 is 22.8 Å². The van der Waals surface area contributed by atoms with Crippen LogP contribution < -0.4 is 0 Å². The molecule has 0 atom stereocenters. The molecule has 1 aromatic carbocycles. The maximum absolute atomic E-state index is 12.8.